The van der Waals surface area contributed by atoms with Crippen molar-refractivity contribution in [2.75, 3.05) is 6.54 Å². The van der Waals surface area contributed by atoms with Crippen LogP contribution in [0, 0.1) is 6.92 Å². The highest BCUT2D eigenvalue weighted by Gasteiger charge is 2.20. The molecule has 3 aromatic rings. The van der Waals surface area contributed by atoms with Crippen LogP contribution in [0.1, 0.15) is 92.1 Å². The first kappa shape index (κ1) is 30.1. The van der Waals surface area contributed by atoms with E-state index in [1.807, 2.05) is 6.07 Å². The molecule has 5 heteroatoms. The molecular formula is C31H40Cl2N2O. The van der Waals surface area contributed by atoms with Gasteiger partial charge in [-0.1, -0.05) is 111 Å². The average molecular weight is 528 g/mol. The summed E-state index contributed by atoms with van der Waals surface area (Å²) in [5.74, 6) is 0.617. The molecule has 2 unspecified atom stereocenters. The van der Waals surface area contributed by atoms with Gasteiger partial charge in [0.2, 0.25) is 0 Å². The largest absolute Gasteiger partial charge is 0.330 e. The molecule has 3 nitrogen and oxygen atoms in total. The van der Waals surface area contributed by atoms with Crippen molar-refractivity contribution >= 4 is 29.0 Å². The fourth-order valence-corrected chi connectivity index (χ4v) is 4.41. The van der Waals surface area contributed by atoms with Gasteiger partial charge in [-0.05, 0) is 66.6 Å². The Morgan fingerprint density at radius 1 is 0.861 bits per heavy atom. The van der Waals surface area contributed by atoms with E-state index in [2.05, 4.69) is 76.2 Å². The van der Waals surface area contributed by atoms with Crippen molar-refractivity contribution in [1.29, 1.82) is 0 Å². The van der Waals surface area contributed by atoms with Gasteiger partial charge < -0.3 is 11.5 Å². The van der Waals surface area contributed by atoms with Gasteiger partial charge in [-0.25, -0.2) is 0 Å². The van der Waals surface area contributed by atoms with E-state index >= 15 is 0 Å². The maximum atomic E-state index is 12.2. The zero-order valence-corrected chi connectivity index (χ0v) is 23.4. The Hall–Kier alpha value is -2.17. The summed E-state index contributed by atoms with van der Waals surface area (Å²) in [6, 6.07) is 22.3. The van der Waals surface area contributed by atoms with Crippen LogP contribution in [-0.4, -0.2) is 12.3 Å². The first-order valence-corrected chi connectivity index (χ1v) is 13.5. The number of benzene rings is 3. The minimum atomic E-state index is -0.156. The Labute approximate surface area is 227 Å². The smallest absolute Gasteiger partial charge is 0.140 e. The molecule has 0 bridgehead atoms. The van der Waals surface area contributed by atoms with Crippen LogP contribution in [0.25, 0.3) is 0 Å². The van der Waals surface area contributed by atoms with Gasteiger partial charge in [-0.2, -0.15) is 0 Å². The third-order valence-electron chi connectivity index (χ3n) is 6.30. The molecule has 0 aliphatic rings. The fraction of sp³-hybridized carbons (Fsp3) is 0.387. The summed E-state index contributed by atoms with van der Waals surface area (Å²) in [4.78, 5) is 12.2. The normalized spacial score (nSPS) is 12.6. The van der Waals surface area contributed by atoms with Gasteiger partial charge in [0.15, 0.2) is 0 Å². The van der Waals surface area contributed by atoms with Gasteiger partial charge in [0.25, 0.3) is 0 Å². The van der Waals surface area contributed by atoms with E-state index in [-0.39, 0.29) is 17.7 Å². The number of hydrogen-bond acceptors (Lipinski definition) is 3. The Balaban J connectivity index is 0.000000254. The van der Waals surface area contributed by atoms with Crippen molar-refractivity contribution in [3.8, 4) is 0 Å². The fourth-order valence-electron chi connectivity index (χ4n) is 4.10. The maximum absolute atomic E-state index is 12.2. The Morgan fingerprint density at radius 3 is 2.08 bits per heavy atom. The molecule has 0 heterocycles. The Morgan fingerprint density at radius 2 is 1.50 bits per heavy atom. The summed E-state index contributed by atoms with van der Waals surface area (Å²) in [6.07, 6.45) is 3.19. The zero-order valence-electron chi connectivity index (χ0n) is 21.9. The van der Waals surface area contributed by atoms with Crippen LogP contribution < -0.4 is 11.5 Å². The summed E-state index contributed by atoms with van der Waals surface area (Å²) in [5, 5.41) is 0.993. The summed E-state index contributed by atoms with van der Waals surface area (Å²) < 4.78 is 0. The van der Waals surface area contributed by atoms with E-state index in [9.17, 15) is 4.79 Å². The molecule has 0 aliphatic heterocycles. The monoisotopic (exact) mass is 526 g/mol. The van der Waals surface area contributed by atoms with Crippen molar-refractivity contribution in [3.63, 3.8) is 0 Å². The van der Waals surface area contributed by atoms with Gasteiger partial charge in [0.05, 0.1) is 16.1 Å². The summed E-state index contributed by atoms with van der Waals surface area (Å²) >= 11 is 11.9. The molecule has 2 atom stereocenters. The lowest BCUT2D eigenvalue weighted by Crippen LogP contribution is -2.16. The van der Waals surface area contributed by atoms with Crippen LogP contribution in [0.15, 0.2) is 66.7 Å². The maximum Gasteiger partial charge on any atom is 0.140 e. The lowest BCUT2D eigenvalue weighted by molar-refractivity contribution is -0.120. The van der Waals surface area contributed by atoms with E-state index in [1.54, 1.807) is 12.1 Å². The first-order chi connectivity index (χ1) is 17.2. The second-order valence-corrected chi connectivity index (χ2v) is 10.4. The molecule has 3 rings (SSSR count). The third-order valence-corrected chi connectivity index (χ3v) is 7.04. The highest BCUT2D eigenvalue weighted by atomic mass is 35.5. The molecule has 194 valence electrons. The van der Waals surface area contributed by atoms with Crippen molar-refractivity contribution < 1.29 is 4.79 Å². The second kappa shape index (κ2) is 15.2. The second-order valence-electron chi connectivity index (χ2n) is 9.59. The quantitative estimate of drug-likeness (QED) is 0.278. The predicted octanol–water partition coefficient (Wildman–Crippen LogP) is 8.35. The molecule has 3 aromatic carbocycles. The van der Waals surface area contributed by atoms with E-state index in [1.165, 1.54) is 22.3 Å². The number of ketones is 1. The number of unbranched alkanes of at least 4 members (excludes halogenated alkanes) is 1. The van der Waals surface area contributed by atoms with Gasteiger partial charge in [-0.3, -0.25) is 4.79 Å². The number of Topliss-reactive ketones (excluding diaryl/α,β-unsaturated/α-hetero) is 1. The third kappa shape index (κ3) is 9.05. The number of carbonyl (C=O) groups is 1. The van der Waals surface area contributed by atoms with Crippen LogP contribution in [-0.2, 0) is 4.79 Å². The number of carbonyl (C=O) groups excluding carboxylic acids is 1. The topological polar surface area (TPSA) is 69.1 Å². The standard InChI is InChI=1S/C17H21N.C14H19Cl2NO/c1-12(2)14-7-5-9-16(11-14)17(18)15-8-4-6-13(3)10-15;1-2-3-4-14(18)11(7-8-17)10-5-6-12(15)13(16)9-10/h4-12,17H,18H2,1-3H3;5-6,9,11H,2-4,7-8,17H2,1H3. The summed E-state index contributed by atoms with van der Waals surface area (Å²) in [7, 11) is 0. The van der Waals surface area contributed by atoms with Crippen LogP contribution in [0.3, 0.4) is 0 Å². The molecule has 0 fully saturated rings. The molecule has 4 N–H and O–H groups in total. The molecular weight excluding hydrogens is 487 g/mol. The predicted molar refractivity (Wildman–Crippen MR) is 155 cm³/mol. The molecule has 0 aromatic heterocycles. The van der Waals surface area contributed by atoms with E-state index in [4.69, 9.17) is 34.7 Å². The van der Waals surface area contributed by atoms with Gasteiger partial charge >= 0.3 is 0 Å². The highest BCUT2D eigenvalue weighted by molar-refractivity contribution is 6.42. The minimum absolute atomic E-state index is 0.0383. The minimum Gasteiger partial charge on any atom is -0.330 e. The number of halogens is 2. The van der Waals surface area contributed by atoms with E-state index in [0.29, 0.717) is 35.3 Å². The van der Waals surface area contributed by atoms with Crippen LogP contribution in [0.2, 0.25) is 10.0 Å². The van der Waals surface area contributed by atoms with Gasteiger partial charge in [0.1, 0.15) is 5.78 Å². The molecule has 0 amide bonds. The van der Waals surface area contributed by atoms with Crippen molar-refractivity contribution in [2.24, 2.45) is 11.5 Å². The summed E-state index contributed by atoms with van der Waals surface area (Å²) in [5.41, 5.74) is 17.8. The van der Waals surface area contributed by atoms with E-state index < -0.39 is 0 Å². The molecule has 0 radical (unpaired) electrons. The van der Waals surface area contributed by atoms with E-state index in [0.717, 1.165) is 18.4 Å². The summed E-state index contributed by atoms with van der Waals surface area (Å²) in [6.45, 7) is 9.07. The number of nitrogens with two attached hydrogens (primary N) is 2. The van der Waals surface area contributed by atoms with Crippen LogP contribution >= 0.6 is 23.2 Å². The molecule has 36 heavy (non-hydrogen) atoms. The molecule has 0 saturated heterocycles. The molecule has 0 aliphatic carbocycles. The Kier molecular flexibility index (Phi) is 12.7. The first-order valence-electron chi connectivity index (χ1n) is 12.8. The van der Waals surface area contributed by atoms with Crippen LogP contribution in [0.5, 0.6) is 0 Å². The lowest BCUT2D eigenvalue weighted by atomic mass is 9.89. The lowest BCUT2D eigenvalue weighted by Gasteiger charge is -2.16. The zero-order chi connectivity index (χ0) is 26.7. The highest BCUT2D eigenvalue weighted by Crippen LogP contribution is 2.29. The van der Waals surface area contributed by atoms with Gasteiger partial charge in [-0.15, -0.1) is 0 Å². The van der Waals surface area contributed by atoms with Crippen molar-refractivity contribution in [1.82, 2.24) is 0 Å². The van der Waals surface area contributed by atoms with Crippen LogP contribution in [0.4, 0.5) is 0 Å². The Bertz CT molecular complexity index is 1110. The number of aryl methyl sites for hydroxylation is 1. The number of hydrogen-bond donors (Lipinski definition) is 2. The average Bonchev–Trinajstić information content (AvgIpc) is 2.87. The molecule has 0 saturated carbocycles. The number of rotatable bonds is 10. The molecule has 0 spiro atoms. The van der Waals surface area contributed by atoms with Crippen molar-refractivity contribution in [2.45, 2.75) is 71.3 Å². The van der Waals surface area contributed by atoms with Gasteiger partial charge in [0, 0.05) is 12.3 Å². The van der Waals surface area contributed by atoms with Crippen molar-refractivity contribution in [3.05, 3.63) is 105 Å². The SMILES string of the molecule is CCCCC(=O)C(CCN)c1ccc(Cl)c(Cl)c1.Cc1cccc(C(N)c2cccc(C(C)C)c2)c1.